The van der Waals surface area contributed by atoms with Crippen molar-refractivity contribution < 1.29 is 4.79 Å². The lowest BCUT2D eigenvalue weighted by Crippen LogP contribution is -2.29. The average Bonchev–Trinajstić information content (AvgIpc) is 2.58. The van der Waals surface area contributed by atoms with Crippen molar-refractivity contribution in [2.24, 2.45) is 5.73 Å². The molecule has 0 bridgehead atoms. The van der Waals surface area contributed by atoms with Gasteiger partial charge in [-0.2, -0.15) is 11.3 Å². The van der Waals surface area contributed by atoms with Crippen LogP contribution in [0.4, 0.5) is 0 Å². The van der Waals surface area contributed by atoms with Crippen molar-refractivity contribution >= 4 is 17.2 Å². The van der Waals surface area contributed by atoms with E-state index in [1.54, 1.807) is 0 Å². The molecule has 1 amide bonds. The zero-order chi connectivity index (χ0) is 8.55. The van der Waals surface area contributed by atoms with Gasteiger partial charge in [0.1, 0.15) is 0 Å². The van der Waals surface area contributed by atoms with Crippen molar-refractivity contribution in [3.63, 3.8) is 0 Å². The number of hydrogen-bond donors (Lipinski definition) is 2. The third-order valence-electron chi connectivity index (χ3n) is 1.94. The first kappa shape index (κ1) is 7.76. The molecule has 2 unspecified atom stereocenters. The highest BCUT2D eigenvalue weighted by Crippen LogP contribution is 2.18. The molecule has 0 aliphatic heterocycles. The first-order valence-electron chi connectivity index (χ1n) is 3.86. The Balaban J connectivity index is 1.93. The predicted octanol–water partition coefficient (Wildman–Crippen LogP) is 0.578. The van der Waals surface area contributed by atoms with Crippen LogP contribution in [-0.4, -0.2) is 18.0 Å². The summed E-state index contributed by atoms with van der Waals surface area (Å²) in [5.74, 6) is -0.00537. The zero-order valence-corrected chi connectivity index (χ0v) is 7.30. The largest absolute Gasteiger partial charge is 0.348 e. The molecule has 0 radical (unpaired) electrons. The van der Waals surface area contributed by atoms with E-state index in [1.807, 2.05) is 16.8 Å². The van der Waals surface area contributed by atoms with Gasteiger partial charge < -0.3 is 11.1 Å². The van der Waals surface area contributed by atoms with Crippen LogP contribution in [0.1, 0.15) is 16.8 Å². The minimum atomic E-state index is -0.00537. The van der Waals surface area contributed by atoms with Gasteiger partial charge in [0, 0.05) is 23.0 Å². The summed E-state index contributed by atoms with van der Waals surface area (Å²) in [5.41, 5.74) is 6.29. The van der Waals surface area contributed by atoms with Crippen molar-refractivity contribution in [2.75, 3.05) is 0 Å². The van der Waals surface area contributed by atoms with Crippen LogP contribution in [0.2, 0.25) is 0 Å². The minimum Gasteiger partial charge on any atom is -0.348 e. The summed E-state index contributed by atoms with van der Waals surface area (Å²) in [6.45, 7) is 0. The van der Waals surface area contributed by atoms with Gasteiger partial charge in [-0.25, -0.2) is 0 Å². The van der Waals surface area contributed by atoms with E-state index < -0.39 is 0 Å². The quantitative estimate of drug-likeness (QED) is 0.703. The molecule has 1 heterocycles. The second-order valence-corrected chi connectivity index (χ2v) is 3.77. The van der Waals surface area contributed by atoms with Gasteiger partial charge in [-0.05, 0) is 17.9 Å². The van der Waals surface area contributed by atoms with Gasteiger partial charge in [0.15, 0.2) is 0 Å². The molecule has 0 aromatic carbocycles. The molecule has 12 heavy (non-hydrogen) atoms. The Kier molecular flexibility index (Phi) is 1.86. The molecule has 1 aliphatic carbocycles. The summed E-state index contributed by atoms with van der Waals surface area (Å²) in [7, 11) is 0. The molecule has 2 rings (SSSR count). The fraction of sp³-hybridized carbons (Fsp3) is 0.375. The van der Waals surface area contributed by atoms with Crippen LogP contribution in [0.15, 0.2) is 16.8 Å². The lowest BCUT2D eigenvalue weighted by Gasteiger charge is -1.99. The number of rotatable bonds is 2. The van der Waals surface area contributed by atoms with E-state index in [4.69, 9.17) is 5.73 Å². The summed E-state index contributed by atoms with van der Waals surface area (Å²) in [6, 6.07) is 2.19. The number of carbonyl (C=O) groups is 1. The van der Waals surface area contributed by atoms with Gasteiger partial charge >= 0.3 is 0 Å². The molecule has 1 fully saturated rings. The van der Waals surface area contributed by atoms with Crippen LogP contribution in [0.25, 0.3) is 0 Å². The first-order chi connectivity index (χ1) is 5.77. The van der Waals surface area contributed by atoms with E-state index in [0.717, 1.165) is 12.0 Å². The second kappa shape index (κ2) is 2.88. The third kappa shape index (κ3) is 1.49. The van der Waals surface area contributed by atoms with Crippen LogP contribution in [0, 0.1) is 0 Å². The maximum absolute atomic E-state index is 11.3. The maximum atomic E-state index is 11.3. The van der Waals surface area contributed by atoms with E-state index in [-0.39, 0.29) is 18.0 Å². The number of nitrogens with two attached hydrogens (primary N) is 1. The molecule has 3 nitrogen and oxygen atoms in total. The van der Waals surface area contributed by atoms with Gasteiger partial charge in [-0.15, -0.1) is 0 Å². The SMILES string of the molecule is NC1CC1NC(=O)c1ccsc1. The second-order valence-electron chi connectivity index (χ2n) is 2.99. The Labute approximate surface area is 74.6 Å². The molecule has 0 saturated heterocycles. The molecular weight excluding hydrogens is 172 g/mol. The Morgan fingerprint density at radius 3 is 3.00 bits per heavy atom. The monoisotopic (exact) mass is 182 g/mol. The number of thiophene rings is 1. The highest BCUT2D eigenvalue weighted by Gasteiger charge is 2.34. The molecule has 4 heteroatoms. The summed E-state index contributed by atoms with van der Waals surface area (Å²) < 4.78 is 0. The Bertz CT molecular complexity index is 283. The highest BCUT2D eigenvalue weighted by molar-refractivity contribution is 7.08. The van der Waals surface area contributed by atoms with E-state index in [9.17, 15) is 4.79 Å². The molecular formula is C8H10N2OS. The van der Waals surface area contributed by atoms with Gasteiger partial charge in [0.2, 0.25) is 0 Å². The molecule has 1 aromatic heterocycles. The summed E-state index contributed by atoms with van der Waals surface area (Å²) >= 11 is 1.52. The molecule has 1 aliphatic rings. The van der Waals surface area contributed by atoms with E-state index in [2.05, 4.69) is 5.32 Å². The Hall–Kier alpha value is -0.870. The molecule has 3 N–H and O–H groups in total. The lowest BCUT2D eigenvalue weighted by molar-refractivity contribution is 0.0951. The summed E-state index contributed by atoms with van der Waals surface area (Å²) in [5, 5.41) is 6.58. The number of carbonyl (C=O) groups excluding carboxylic acids is 1. The van der Waals surface area contributed by atoms with Gasteiger partial charge in [0.25, 0.3) is 5.91 Å². The van der Waals surface area contributed by atoms with Crippen molar-refractivity contribution in [1.82, 2.24) is 5.32 Å². The third-order valence-corrected chi connectivity index (χ3v) is 2.62. The van der Waals surface area contributed by atoms with Crippen molar-refractivity contribution in [3.8, 4) is 0 Å². The van der Waals surface area contributed by atoms with Crippen molar-refractivity contribution in [2.45, 2.75) is 18.5 Å². The van der Waals surface area contributed by atoms with Gasteiger partial charge in [0.05, 0.1) is 0 Å². The number of hydrogen-bond acceptors (Lipinski definition) is 3. The maximum Gasteiger partial charge on any atom is 0.252 e. The van der Waals surface area contributed by atoms with Crippen LogP contribution >= 0.6 is 11.3 Å². The van der Waals surface area contributed by atoms with Gasteiger partial charge in [-0.3, -0.25) is 4.79 Å². The summed E-state index contributed by atoms with van der Waals surface area (Å²) in [6.07, 6.45) is 0.913. The van der Waals surface area contributed by atoms with Crippen LogP contribution in [-0.2, 0) is 0 Å². The Morgan fingerprint density at radius 2 is 2.50 bits per heavy atom. The summed E-state index contributed by atoms with van der Waals surface area (Å²) in [4.78, 5) is 11.3. The fourth-order valence-corrected chi connectivity index (χ4v) is 1.66. The minimum absolute atomic E-state index is 0.00537. The van der Waals surface area contributed by atoms with Crippen molar-refractivity contribution in [1.29, 1.82) is 0 Å². The predicted molar refractivity (Wildman–Crippen MR) is 48.2 cm³/mol. The normalized spacial score (nSPS) is 26.8. The molecule has 64 valence electrons. The van der Waals surface area contributed by atoms with Crippen LogP contribution < -0.4 is 11.1 Å². The van der Waals surface area contributed by atoms with E-state index in [1.165, 1.54) is 11.3 Å². The fourth-order valence-electron chi connectivity index (χ4n) is 1.03. The number of nitrogens with one attached hydrogen (secondary N) is 1. The molecule has 2 atom stereocenters. The molecule has 1 saturated carbocycles. The zero-order valence-electron chi connectivity index (χ0n) is 6.49. The van der Waals surface area contributed by atoms with E-state index >= 15 is 0 Å². The lowest BCUT2D eigenvalue weighted by atomic mass is 10.3. The molecule has 1 aromatic rings. The van der Waals surface area contributed by atoms with Crippen LogP contribution in [0.5, 0.6) is 0 Å². The standard InChI is InChI=1S/C8H10N2OS/c9-6-3-7(6)10-8(11)5-1-2-12-4-5/h1-2,4,6-7H,3,9H2,(H,10,11). The van der Waals surface area contributed by atoms with Crippen molar-refractivity contribution in [3.05, 3.63) is 22.4 Å². The average molecular weight is 182 g/mol. The number of amides is 1. The Morgan fingerprint density at radius 1 is 1.75 bits per heavy atom. The van der Waals surface area contributed by atoms with Crippen LogP contribution in [0.3, 0.4) is 0 Å². The highest BCUT2D eigenvalue weighted by atomic mass is 32.1. The topological polar surface area (TPSA) is 55.1 Å². The first-order valence-corrected chi connectivity index (χ1v) is 4.80. The van der Waals surface area contributed by atoms with E-state index in [0.29, 0.717) is 0 Å². The smallest absolute Gasteiger partial charge is 0.252 e. The molecule has 0 spiro atoms. The van der Waals surface area contributed by atoms with Gasteiger partial charge in [-0.1, -0.05) is 0 Å².